The number of nitrogens with zero attached hydrogens (tertiary/aromatic N) is 9. The first-order chi connectivity index (χ1) is 32.9. The summed E-state index contributed by atoms with van der Waals surface area (Å²) < 4.78 is 4.77. The van der Waals surface area contributed by atoms with Crippen molar-refractivity contribution < 1.29 is 28.8 Å². The molecule has 0 spiro atoms. The first-order valence-electron chi connectivity index (χ1n) is 22.6. The van der Waals surface area contributed by atoms with E-state index in [1.165, 1.54) is 18.6 Å². The minimum atomic E-state index is -0.895. The Morgan fingerprint density at radius 1 is 0.493 bits per heavy atom. The van der Waals surface area contributed by atoms with E-state index in [2.05, 4.69) is 46.9 Å². The maximum atomic E-state index is 14.7. The molecule has 1 aliphatic rings. The summed E-state index contributed by atoms with van der Waals surface area (Å²) in [7, 11) is 0. The normalized spacial score (nSPS) is 16.3. The average molecular weight is 940 g/mol. The van der Waals surface area contributed by atoms with E-state index in [0.717, 1.165) is 0 Å². The van der Waals surface area contributed by atoms with E-state index in [1.54, 1.807) is 89.5 Å². The van der Waals surface area contributed by atoms with Crippen molar-refractivity contribution in [2.75, 3.05) is 16.0 Å². The van der Waals surface area contributed by atoms with Crippen molar-refractivity contribution >= 4 is 52.5 Å². The van der Waals surface area contributed by atoms with Crippen LogP contribution in [0.4, 0.5) is 17.1 Å². The molecule has 6 aromatic rings. The van der Waals surface area contributed by atoms with Gasteiger partial charge in [-0.2, -0.15) is 0 Å². The summed E-state index contributed by atoms with van der Waals surface area (Å²) in [5.41, 5.74) is 2.22. The Bertz CT molecular complexity index is 2560. The van der Waals surface area contributed by atoms with Crippen LogP contribution in [-0.2, 0) is 34.0 Å². The summed E-state index contributed by atoms with van der Waals surface area (Å²) in [6.45, 7) is 15.3. The smallest absolute Gasteiger partial charge is 0.272 e. The van der Waals surface area contributed by atoms with Gasteiger partial charge in [0.2, 0.25) is 17.7 Å². The molecule has 0 aliphatic carbocycles. The molecule has 1 aliphatic heterocycles. The monoisotopic (exact) mass is 939 g/mol. The SMILES string of the molecule is Cc1c2nc(n1CC(=O)Nc1cccnc1)[C@H](C(C)C)NC(=O)c1nc(n(CC(=O)Nc3cccnc3)c1C)[C@H](C(C)C)NC(=O)c1nc(n(CC(=O)Nc3cccnc3)c1C)[C@H](C(C)C)NC2=O. The van der Waals surface area contributed by atoms with Gasteiger partial charge in [-0.25, -0.2) is 15.0 Å². The number of nitrogens with one attached hydrogen (secondary N) is 6. The summed E-state index contributed by atoms with van der Waals surface area (Å²) in [5.74, 6) is -3.64. The number of anilines is 3. The van der Waals surface area contributed by atoms with E-state index in [0.29, 0.717) is 34.1 Å². The first-order valence-corrected chi connectivity index (χ1v) is 22.6. The highest BCUT2D eigenvalue weighted by atomic mass is 16.2. The van der Waals surface area contributed by atoms with Gasteiger partial charge in [-0.05, 0) is 74.9 Å². The number of carbonyl (C=O) groups excluding carboxylic acids is 6. The molecule has 0 radical (unpaired) electrons. The second-order valence-electron chi connectivity index (χ2n) is 17.9. The molecule has 0 unspecified atom stereocenters. The van der Waals surface area contributed by atoms with Crippen LogP contribution in [0.1, 0.15) is 126 Å². The summed E-state index contributed by atoms with van der Waals surface area (Å²) in [4.78, 5) is 112. The minimum Gasteiger partial charge on any atom is -0.340 e. The standard InChI is InChI=1S/C48H57N15O6/c1-25(2)37-43-55-41(28(7)61(43)22-34(64)52-31-13-10-16-49-19-31)47(68)59-39(27(5)6)45-57-42(30(9)63(45)24-36(66)54-33-15-12-18-51-21-33)48(69)60-38(26(3)4)44-56-40(46(67)58-37)29(8)62(44)23-35(65)53-32-14-11-17-50-20-32/h10-21,25-27,37-39H,22-24H2,1-9H3,(H,52,64)(H,53,65)(H,54,66)(H,58,67)(H,59,68)(H,60,69)/t37-,38-,39-/m0/s1. The molecule has 6 bridgehead atoms. The van der Waals surface area contributed by atoms with E-state index in [1.807, 2.05) is 41.5 Å². The molecule has 21 nitrogen and oxygen atoms in total. The van der Waals surface area contributed by atoms with Gasteiger partial charge < -0.3 is 45.6 Å². The Labute approximate surface area is 398 Å². The molecule has 3 atom stereocenters. The van der Waals surface area contributed by atoms with Crippen LogP contribution in [0.2, 0.25) is 0 Å². The zero-order valence-corrected chi connectivity index (χ0v) is 40.0. The van der Waals surface area contributed by atoms with E-state index < -0.39 is 53.6 Å². The zero-order chi connectivity index (χ0) is 49.7. The van der Waals surface area contributed by atoms with Crippen molar-refractivity contribution in [3.8, 4) is 0 Å². The van der Waals surface area contributed by atoms with Gasteiger partial charge in [-0.3, -0.25) is 43.7 Å². The lowest BCUT2D eigenvalue weighted by Crippen LogP contribution is -2.36. The van der Waals surface area contributed by atoms with Crippen molar-refractivity contribution in [1.29, 1.82) is 0 Å². The van der Waals surface area contributed by atoms with Gasteiger partial charge in [0, 0.05) is 35.7 Å². The second-order valence-corrected chi connectivity index (χ2v) is 17.9. The summed E-state index contributed by atoms with van der Waals surface area (Å²) >= 11 is 0. The minimum absolute atomic E-state index is 0.0323. The summed E-state index contributed by atoms with van der Waals surface area (Å²) in [5, 5.41) is 17.8. The Balaban J connectivity index is 1.40. The van der Waals surface area contributed by atoms with Crippen molar-refractivity contribution in [3.63, 3.8) is 0 Å². The molecule has 6 aromatic heterocycles. The summed E-state index contributed by atoms with van der Waals surface area (Å²) in [6.07, 6.45) is 9.25. The lowest BCUT2D eigenvalue weighted by molar-refractivity contribution is -0.117. The molecular weight excluding hydrogens is 883 g/mol. The van der Waals surface area contributed by atoms with E-state index in [9.17, 15) is 28.8 Å². The van der Waals surface area contributed by atoms with Gasteiger partial charge in [0.1, 0.15) is 54.2 Å². The highest BCUT2D eigenvalue weighted by Gasteiger charge is 2.36. The zero-order valence-electron chi connectivity index (χ0n) is 40.0. The van der Waals surface area contributed by atoms with Gasteiger partial charge in [0.25, 0.3) is 17.7 Å². The number of fused-ring (bicyclic) bond motifs is 6. The third kappa shape index (κ3) is 10.9. The quantitative estimate of drug-likeness (QED) is 0.0947. The topological polar surface area (TPSA) is 267 Å². The molecular formula is C48H57N15O6. The predicted molar refractivity (Wildman–Crippen MR) is 255 cm³/mol. The maximum Gasteiger partial charge on any atom is 0.272 e. The number of imidazole rings is 3. The van der Waals surface area contributed by atoms with Crippen LogP contribution in [0.5, 0.6) is 0 Å². The number of hydrogen-bond donors (Lipinski definition) is 6. The number of amides is 6. The number of hydrogen-bond acceptors (Lipinski definition) is 12. The van der Waals surface area contributed by atoms with Crippen LogP contribution in [0.25, 0.3) is 0 Å². The fourth-order valence-corrected chi connectivity index (χ4v) is 8.18. The Morgan fingerprint density at radius 3 is 0.971 bits per heavy atom. The van der Waals surface area contributed by atoms with Crippen LogP contribution in [0, 0.1) is 38.5 Å². The largest absolute Gasteiger partial charge is 0.340 e. The molecule has 21 heteroatoms. The highest BCUT2D eigenvalue weighted by molar-refractivity contribution is 5.97. The lowest BCUT2D eigenvalue weighted by Gasteiger charge is -2.23. The second kappa shape index (κ2) is 20.8. The van der Waals surface area contributed by atoms with Gasteiger partial charge in [-0.15, -0.1) is 0 Å². The number of carbonyl (C=O) groups is 6. The summed E-state index contributed by atoms with van der Waals surface area (Å²) in [6, 6.07) is 7.44. The van der Waals surface area contributed by atoms with E-state index >= 15 is 0 Å². The van der Waals surface area contributed by atoms with Gasteiger partial charge in [0.05, 0.1) is 53.8 Å². The van der Waals surface area contributed by atoms with Crippen LogP contribution in [0.3, 0.4) is 0 Å². The fraction of sp³-hybridized carbons (Fsp3) is 0.375. The molecule has 0 fully saturated rings. The van der Waals surface area contributed by atoms with Crippen LogP contribution < -0.4 is 31.9 Å². The van der Waals surface area contributed by atoms with Crippen LogP contribution in [-0.4, -0.2) is 79.0 Å². The van der Waals surface area contributed by atoms with Crippen molar-refractivity contribution in [1.82, 2.24) is 59.6 Å². The van der Waals surface area contributed by atoms with E-state index in [-0.39, 0.29) is 71.9 Å². The Kier molecular flexibility index (Phi) is 14.7. The third-order valence-corrected chi connectivity index (χ3v) is 11.8. The molecule has 0 aromatic carbocycles. The number of rotatable bonds is 12. The Morgan fingerprint density at radius 2 is 0.754 bits per heavy atom. The van der Waals surface area contributed by atoms with Crippen molar-refractivity contribution in [2.24, 2.45) is 17.8 Å². The highest BCUT2D eigenvalue weighted by Crippen LogP contribution is 2.31. The third-order valence-electron chi connectivity index (χ3n) is 11.8. The molecule has 69 heavy (non-hydrogen) atoms. The van der Waals surface area contributed by atoms with Gasteiger partial charge in [-0.1, -0.05) is 41.5 Å². The molecule has 7 heterocycles. The number of aromatic nitrogens is 9. The molecule has 0 saturated carbocycles. The molecule has 7 rings (SSSR count). The Hall–Kier alpha value is -8.10. The van der Waals surface area contributed by atoms with E-state index in [4.69, 9.17) is 15.0 Å². The molecule has 0 saturated heterocycles. The van der Waals surface area contributed by atoms with Crippen LogP contribution >= 0.6 is 0 Å². The van der Waals surface area contributed by atoms with Crippen molar-refractivity contribution in [2.45, 2.75) is 100 Å². The molecule has 6 N–H and O–H groups in total. The average Bonchev–Trinajstić information content (AvgIpc) is 3.92. The number of pyridine rings is 3. The maximum absolute atomic E-state index is 14.7. The first kappa shape index (κ1) is 48.8. The lowest BCUT2D eigenvalue weighted by atomic mass is 10.0. The van der Waals surface area contributed by atoms with Gasteiger partial charge in [0.15, 0.2) is 0 Å². The van der Waals surface area contributed by atoms with Crippen molar-refractivity contribution in [3.05, 3.63) is 125 Å². The van der Waals surface area contributed by atoms with Crippen LogP contribution in [0.15, 0.2) is 73.6 Å². The van der Waals surface area contributed by atoms with Gasteiger partial charge >= 0.3 is 0 Å². The molecule has 6 amide bonds. The molecule has 360 valence electrons. The fourth-order valence-electron chi connectivity index (χ4n) is 8.18. The predicted octanol–water partition coefficient (Wildman–Crippen LogP) is 5.00.